The molecule has 0 bridgehead atoms. The first-order valence-corrected chi connectivity index (χ1v) is 6.51. The Morgan fingerprint density at radius 1 is 1.32 bits per heavy atom. The molecule has 0 unspecified atom stereocenters. The summed E-state index contributed by atoms with van der Waals surface area (Å²) in [5.74, 6) is 2.68. The first kappa shape index (κ1) is 13.3. The SMILES string of the molecule is CCCNc1cc(Oc2cnn(CC)c2)nc(C)n1. The number of aryl methyl sites for hydroxylation is 2. The second kappa shape index (κ2) is 6.17. The quantitative estimate of drug-likeness (QED) is 0.866. The summed E-state index contributed by atoms with van der Waals surface area (Å²) in [6.45, 7) is 7.68. The monoisotopic (exact) mass is 261 g/mol. The van der Waals surface area contributed by atoms with Gasteiger partial charge in [-0.2, -0.15) is 10.1 Å². The molecule has 2 aromatic heterocycles. The first-order chi connectivity index (χ1) is 9.21. The van der Waals surface area contributed by atoms with E-state index in [0.717, 1.165) is 25.3 Å². The number of rotatable bonds is 6. The van der Waals surface area contributed by atoms with Crippen LogP contribution in [0.5, 0.6) is 11.6 Å². The van der Waals surface area contributed by atoms with Crippen LogP contribution in [0.3, 0.4) is 0 Å². The van der Waals surface area contributed by atoms with Crippen LogP contribution in [0.4, 0.5) is 5.82 Å². The molecular formula is C13H19N5O. The maximum Gasteiger partial charge on any atom is 0.224 e. The molecular weight excluding hydrogens is 242 g/mol. The number of nitrogens with zero attached hydrogens (tertiary/aromatic N) is 4. The van der Waals surface area contributed by atoms with E-state index in [1.54, 1.807) is 16.9 Å². The Hall–Kier alpha value is -2.11. The van der Waals surface area contributed by atoms with Crippen LogP contribution in [-0.4, -0.2) is 26.3 Å². The highest BCUT2D eigenvalue weighted by atomic mass is 16.5. The fourth-order valence-electron chi connectivity index (χ4n) is 1.63. The van der Waals surface area contributed by atoms with Gasteiger partial charge in [0.1, 0.15) is 11.6 Å². The smallest absolute Gasteiger partial charge is 0.224 e. The van der Waals surface area contributed by atoms with Crippen molar-refractivity contribution in [2.75, 3.05) is 11.9 Å². The van der Waals surface area contributed by atoms with Crippen LogP contribution in [0.15, 0.2) is 18.5 Å². The maximum absolute atomic E-state index is 5.69. The van der Waals surface area contributed by atoms with Gasteiger partial charge in [-0.1, -0.05) is 6.92 Å². The van der Waals surface area contributed by atoms with Gasteiger partial charge in [0, 0.05) is 19.2 Å². The summed E-state index contributed by atoms with van der Waals surface area (Å²) in [5, 5.41) is 7.38. The van der Waals surface area contributed by atoms with Crippen LogP contribution >= 0.6 is 0 Å². The Bertz CT molecular complexity index is 538. The summed E-state index contributed by atoms with van der Waals surface area (Å²) >= 11 is 0. The van der Waals surface area contributed by atoms with E-state index in [1.807, 2.05) is 20.0 Å². The molecule has 0 aliphatic rings. The highest BCUT2D eigenvalue weighted by Gasteiger charge is 2.05. The minimum Gasteiger partial charge on any atom is -0.436 e. The van der Waals surface area contributed by atoms with E-state index in [2.05, 4.69) is 27.3 Å². The number of aromatic nitrogens is 4. The second-order valence-electron chi connectivity index (χ2n) is 4.20. The van der Waals surface area contributed by atoms with Gasteiger partial charge in [-0.3, -0.25) is 4.68 Å². The van der Waals surface area contributed by atoms with Gasteiger partial charge >= 0.3 is 0 Å². The average Bonchev–Trinajstić information content (AvgIpc) is 2.83. The summed E-state index contributed by atoms with van der Waals surface area (Å²) in [6.07, 6.45) is 4.57. The standard InChI is InChI=1S/C13H19N5O/c1-4-6-14-12-7-13(17-10(3)16-12)19-11-8-15-18(5-2)9-11/h7-9H,4-6H2,1-3H3,(H,14,16,17). The summed E-state index contributed by atoms with van der Waals surface area (Å²) in [4.78, 5) is 8.57. The van der Waals surface area contributed by atoms with Crippen LogP contribution < -0.4 is 10.1 Å². The number of hydrogen-bond donors (Lipinski definition) is 1. The van der Waals surface area contributed by atoms with E-state index in [9.17, 15) is 0 Å². The molecule has 0 radical (unpaired) electrons. The van der Waals surface area contributed by atoms with Crippen LogP contribution in [0.2, 0.25) is 0 Å². The molecule has 2 rings (SSSR count). The number of anilines is 1. The molecule has 0 aromatic carbocycles. The molecule has 0 spiro atoms. The van der Waals surface area contributed by atoms with Gasteiger partial charge in [-0.05, 0) is 20.3 Å². The Morgan fingerprint density at radius 3 is 2.84 bits per heavy atom. The third-order valence-corrected chi connectivity index (χ3v) is 2.53. The lowest BCUT2D eigenvalue weighted by Crippen LogP contribution is -2.04. The maximum atomic E-state index is 5.69. The first-order valence-electron chi connectivity index (χ1n) is 6.51. The van der Waals surface area contributed by atoms with Crippen LogP contribution in [0, 0.1) is 6.92 Å². The minimum absolute atomic E-state index is 0.529. The molecule has 19 heavy (non-hydrogen) atoms. The van der Waals surface area contributed by atoms with E-state index in [1.165, 1.54) is 0 Å². The molecule has 0 amide bonds. The van der Waals surface area contributed by atoms with Crippen molar-refractivity contribution in [3.8, 4) is 11.6 Å². The van der Waals surface area contributed by atoms with E-state index in [0.29, 0.717) is 17.5 Å². The molecule has 1 N–H and O–H groups in total. The van der Waals surface area contributed by atoms with E-state index < -0.39 is 0 Å². The number of nitrogens with one attached hydrogen (secondary N) is 1. The van der Waals surface area contributed by atoms with Gasteiger partial charge in [0.15, 0.2) is 5.75 Å². The topological polar surface area (TPSA) is 64.9 Å². The van der Waals surface area contributed by atoms with E-state index in [4.69, 9.17) is 4.74 Å². The summed E-state index contributed by atoms with van der Waals surface area (Å²) in [7, 11) is 0. The number of hydrogen-bond acceptors (Lipinski definition) is 5. The van der Waals surface area contributed by atoms with Gasteiger partial charge in [-0.15, -0.1) is 0 Å². The molecule has 0 atom stereocenters. The molecule has 2 aromatic rings. The van der Waals surface area contributed by atoms with Crippen LogP contribution in [0.1, 0.15) is 26.1 Å². The second-order valence-corrected chi connectivity index (χ2v) is 4.20. The summed E-state index contributed by atoms with van der Waals surface area (Å²) < 4.78 is 7.49. The zero-order valence-electron chi connectivity index (χ0n) is 11.6. The predicted octanol–water partition coefficient (Wildman–Crippen LogP) is 2.62. The van der Waals surface area contributed by atoms with Crippen molar-refractivity contribution in [2.45, 2.75) is 33.7 Å². The lowest BCUT2D eigenvalue weighted by Gasteiger charge is -2.07. The third-order valence-electron chi connectivity index (χ3n) is 2.53. The highest BCUT2D eigenvalue weighted by molar-refractivity contribution is 5.39. The fraction of sp³-hybridized carbons (Fsp3) is 0.462. The van der Waals surface area contributed by atoms with Gasteiger partial charge in [0.2, 0.25) is 5.88 Å². The highest BCUT2D eigenvalue weighted by Crippen LogP contribution is 2.20. The molecule has 6 nitrogen and oxygen atoms in total. The van der Waals surface area contributed by atoms with Crippen molar-refractivity contribution in [1.82, 2.24) is 19.7 Å². The van der Waals surface area contributed by atoms with Crippen molar-refractivity contribution < 1.29 is 4.74 Å². The molecule has 0 aliphatic carbocycles. The normalized spacial score (nSPS) is 10.5. The van der Waals surface area contributed by atoms with Crippen molar-refractivity contribution in [3.63, 3.8) is 0 Å². The fourth-order valence-corrected chi connectivity index (χ4v) is 1.63. The molecule has 2 heterocycles. The van der Waals surface area contributed by atoms with Gasteiger partial charge < -0.3 is 10.1 Å². The number of ether oxygens (including phenoxy) is 1. The Kier molecular flexibility index (Phi) is 4.33. The van der Waals surface area contributed by atoms with Gasteiger partial charge in [0.05, 0.1) is 12.4 Å². The third kappa shape index (κ3) is 3.67. The lowest BCUT2D eigenvalue weighted by atomic mass is 10.4. The molecule has 0 saturated carbocycles. The average molecular weight is 261 g/mol. The largest absolute Gasteiger partial charge is 0.436 e. The van der Waals surface area contributed by atoms with E-state index >= 15 is 0 Å². The lowest BCUT2D eigenvalue weighted by molar-refractivity contribution is 0.459. The van der Waals surface area contributed by atoms with Crippen molar-refractivity contribution in [2.24, 2.45) is 0 Å². The summed E-state index contributed by atoms with van der Waals surface area (Å²) in [5.41, 5.74) is 0. The van der Waals surface area contributed by atoms with E-state index in [-0.39, 0.29) is 0 Å². The van der Waals surface area contributed by atoms with Gasteiger partial charge in [0.25, 0.3) is 0 Å². The molecule has 0 aliphatic heterocycles. The zero-order valence-corrected chi connectivity index (χ0v) is 11.6. The molecule has 6 heteroatoms. The van der Waals surface area contributed by atoms with Gasteiger partial charge in [-0.25, -0.2) is 4.98 Å². The molecule has 0 saturated heterocycles. The molecule has 102 valence electrons. The summed E-state index contributed by atoms with van der Waals surface area (Å²) in [6, 6.07) is 1.80. The minimum atomic E-state index is 0.529. The predicted molar refractivity (Wildman–Crippen MR) is 73.5 cm³/mol. The molecule has 0 fully saturated rings. The Balaban J connectivity index is 2.12. The Morgan fingerprint density at radius 2 is 2.16 bits per heavy atom. The van der Waals surface area contributed by atoms with Crippen LogP contribution in [0.25, 0.3) is 0 Å². The van der Waals surface area contributed by atoms with Crippen molar-refractivity contribution in [3.05, 3.63) is 24.3 Å². The Labute approximate surface area is 112 Å². The van der Waals surface area contributed by atoms with Crippen molar-refractivity contribution >= 4 is 5.82 Å². The zero-order chi connectivity index (χ0) is 13.7. The van der Waals surface area contributed by atoms with Crippen LogP contribution in [-0.2, 0) is 6.54 Å². The van der Waals surface area contributed by atoms with Crippen molar-refractivity contribution in [1.29, 1.82) is 0 Å².